The zero-order valence-corrected chi connectivity index (χ0v) is 13.4. The standard InChI is InChI=1S/C18H11F5N2O2/c19-13-7-12-15(8-14(13)20)24-9-16(12)25-17(26)6-3-10-1-4-11(5-2-10)27-18(21,22)23/h1-9,24H,(H,25,26)/b6-3+. The summed E-state index contributed by atoms with van der Waals surface area (Å²) >= 11 is 0. The zero-order chi connectivity index (χ0) is 19.6. The molecular weight excluding hydrogens is 371 g/mol. The number of nitrogens with one attached hydrogen (secondary N) is 2. The van der Waals surface area contributed by atoms with E-state index in [9.17, 15) is 26.7 Å². The van der Waals surface area contributed by atoms with Crippen molar-refractivity contribution in [2.75, 3.05) is 5.32 Å². The molecular formula is C18H11F5N2O2. The number of aromatic amines is 1. The largest absolute Gasteiger partial charge is 0.573 e. The molecule has 0 bridgehead atoms. The lowest BCUT2D eigenvalue weighted by atomic mass is 10.2. The summed E-state index contributed by atoms with van der Waals surface area (Å²) in [6.07, 6.45) is -0.863. The maximum Gasteiger partial charge on any atom is 0.573 e. The van der Waals surface area contributed by atoms with E-state index < -0.39 is 23.9 Å². The highest BCUT2D eigenvalue weighted by Gasteiger charge is 2.30. The monoisotopic (exact) mass is 382 g/mol. The van der Waals surface area contributed by atoms with Crippen molar-refractivity contribution in [3.05, 3.63) is 65.9 Å². The van der Waals surface area contributed by atoms with E-state index in [4.69, 9.17) is 0 Å². The fourth-order valence-electron chi connectivity index (χ4n) is 2.35. The molecule has 140 valence electrons. The lowest BCUT2D eigenvalue weighted by molar-refractivity contribution is -0.274. The van der Waals surface area contributed by atoms with Crippen LogP contribution in [0.5, 0.6) is 5.75 Å². The van der Waals surface area contributed by atoms with Gasteiger partial charge in [-0.1, -0.05) is 12.1 Å². The van der Waals surface area contributed by atoms with Crippen molar-refractivity contribution in [3.63, 3.8) is 0 Å². The molecule has 1 amide bonds. The molecule has 0 atom stereocenters. The van der Waals surface area contributed by atoms with Crippen LogP contribution in [0.4, 0.5) is 27.6 Å². The molecule has 2 aromatic carbocycles. The molecule has 0 radical (unpaired) electrons. The molecule has 0 saturated heterocycles. The number of carbonyl (C=O) groups excluding carboxylic acids is 1. The van der Waals surface area contributed by atoms with Crippen molar-refractivity contribution < 1.29 is 31.5 Å². The Bertz CT molecular complexity index is 1010. The summed E-state index contributed by atoms with van der Waals surface area (Å²) in [4.78, 5) is 14.7. The van der Waals surface area contributed by atoms with Gasteiger partial charge in [-0.15, -0.1) is 13.2 Å². The van der Waals surface area contributed by atoms with Crippen molar-refractivity contribution in [1.29, 1.82) is 0 Å². The quantitative estimate of drug-likeness (QED) is 0.493. The third-order valence-electron chi connectivity index (χ3n) is 3.52. The normalized spacial score (nSPS) is 11.9. The molecule has 2 N–H and O–H groups in total. The lowest BCUT2D eigenvalue weighted by Crippen LogP contribution is -2.16. The molecule has 0 aliphatic heterocycles. The average molecular weight is 382 g/mol. The van der Waals surface area contributed by atoms with Gasteiger partial charge in [0.15, 0.2) is 11.6 Å². The molecule has 0 aliphatic carbocycles. The number of halogens is 5. The van der Waals surface area contributed by atoms with Crippen LogP contribution in [-0.2, 0) is 4.79 Å². The van der Waals surface area contributed by atoms with Crippen LogP contribution in [0.1, 0.15) is 5.56 Å². The van der Waals surface area contributed by atoms with E-state index in [0.29, 0.717) is 16.5 Å². The number of carbonyl (C=O) groups is 1. The fourth-order valence-corrected chi connectivity index (χ4v) is 2.35. The Hall–Kier alpha value is -3.36. The molecule has 1 heterocycles. The van der Waals surface area contributed by atoms with Gasteiger partial charge in [-0.3, -0.25) is 4.79 Å². The Morgan fingerprint density at radius 2 is 1.74 bits per heavy atom. The first-order valence-electron chi connectivity index (χ1n) is 7.52. The van der Waals surface area contributed by atoms with Crippen LogP contribution in [0.25, 0.3) is 17.0 Å². The van der Waals surface area contributed by atoms with Gasteiger partial charge in [0.05, 0.1) is 11.2 Å². The van der Waals surface area contributed by atoms with E-state index in [-0.39, 0.29) is 11.4 Å². The van der Waals surface area contributed by atoms with Gasteiger partial charge in [-0.2, -0.15) is 0 Å². The molecule has 0 unspecified atom stereocenters. The number of hydrogen-bond acceptors (Lipinski definition) is 2. The van der Waals surface area contributed by atoms with Crippen LogP contribution in [0.3, 0.4) is 0 Å². The van der Waals surface area contributed by atoms with Gasteiger partial charge in [-0.05, 0) is 29.8 Å². The molecule has 0 aliphatic rings. The molecule has 3 aromatic rings. The van der Waals surface area contributed by atoms with E-state index in [1.165, 1.54) is 24.4 Å². The minimum atomic E-state index is -4.78. The number of amides is 1. The van der Waals surface area contributed by atoms with Gasteiger partial charge >= 0.3 is 6.36 Å². The molecule has 9 heteroatoms. The van der Waals surface area contributed by atoms with Gasteiger partial charge in [0.1, 0.15) is 5.75 Å². The second-order valence-electron chi connectivity index (χ2n) is 5.45. The van der Waals surface area contributed by atoms with Gasteiger partial charge in [0.25, 0.3) is 0 Å². The van der Waals surface area contributed by atoms with Crippen molar-refractivity contribution in [1.82, 2.24) is 4.98 Å². The summed E-state index contributed by atoms with van der Waals surface area (Å²) in [6, 6.07) is 6.84. The number of ether oxygens (including phenoxy) is 1. The Morgan fingerprint density at radius 3 is 2.41 bits per heavy atom. The molecule has 0 fully saturated rings. The van der Waals surface area contributed by atoms with Gasteiger partial charge in [-0.25, -0.2) is 8.78 Å². The van der Waals surface area contributed by atoms with Crippen LogP contribution in [0, 0.1) is 11.6 Å². The lowest BCUT2D eigenvalue weighted by Gasteiger charge is -2.08. The van der Waals surface area contributed by atoms with E-state index in [1.54, 1.807) is 0 Å². The van der Waals surface area contributed by atoms with Gasteiger partial charge in [0, 0.05) is 23.7 Å². The van der Waals surface area contributed by atoms with Crippen molar-refractivity contribution in [2.45, 2.75) is 6.36 Å². The average Bonchev–Trinajstić information content (AvgIpc) is 2.95. The van der Waals surface area contributed by atoms with Gasteiger partial charge in [0.2, 0.25) is 5.91 Å². The summed E-state index contributed by atoms with van der Waals surface area (Å²) in [7, 11) is 0. The first-order valence-corrected chi connectivity index (χ1v) is 7.52. The summed E-state index contributed by atoms with van der Waals surface area (Å²) in [6.45, 7) is 0. The highest BCUT2D eigenvalue weighted by atomic mass is 19.4. The van der Waals surface area contributed by atoms with Crippen LogP contribution >= 0.6 is 0 Å². The third-order valence-corrected chi connectivity index (χ3v) is 3.52. The maximum absolute atomic E-state index is 13.4. The third kappa shape index (κ3) is 4.63. The van der Waals surface area contributed by atoms with Crippen LogP contribution in [0.2, 0.25) is 0 Å². The number of H-pyrrole nitrogens is 1. The minimum absolute atomic E-state index is 0.257. The number of rotatable bonds is 4. The predicted molar refractivity (Wildman–Crippen MR) is 89.0 cm³/mol. The topological polar surface area (TPSA) is 54.1 Å². The molecule has 4 nitrogen and oxygen atoms in total. The Kier molecular flexibility index (Phi) is 4.85. The van der Waals surface area contributed by atoms with Crippen LogP contribution in [0.15, 0.2) is 48.7 Å². The summed E-state index contributed by atoms with van der Waals surface area (Å²) in [5, 5.41) is 2.80. The number of hydrogen-bond donors (Lipinski definition) is 2. The first-order chi connectivity index (χ1) is 12.7. The highest BCUT2D eigenvalue weighted by molar-refractivity contribution is 6.07. The zero-order valence-electron chi connectivity index (χ0n) is 13.4. The molecule has 3 rings (SSSR count). The fraction of sp³-hybridized carbons (Fsp3) is 0.0556. The smallest absolute Gasteiger partial charge is 0.406 e. The summed E-state index contributed by atoms with van der Waals surface area (Å²) in [5.74, 6) is -3.00. The Balaban J connectivity index is 1.68. The van der Waals surface area contributed by atoms with Crippen molar-refractivity contribution >= 4 is 28.6 Å². The van der Waals surface area contributed by atoms with Crippen molar-refractivity contribution in [3.8, 4) is 5.75 Å². The van der Waals surface area contributed by atoms with Crippen LogP contribution < -0.4 is 10.1 Å². The van der Waals surface area contributed by atoms with Crippen LogP contribution in [-0.4, -0.2) is 17.3 Å². The number of alkyl halides is 3. The summed E-state index contributed by atoms with van der Waals surface area (Å²) < 4.78 is 66.6. The summed E-state index contributed by atoms with van der Waals surface area (Å²) in [5.41, 5.74) is 1.03. The molecule has 0 saturated carbocycles. The van der Waals surface area contributed by atoms with E-state index >= 15 is 0 Å². The number of fused-ring (bicyclic) bond motifs is 1. The Labute approximate surface area is 149 Å². The number of aromatic nitrogens is 1. The van der Waals surface area contributed by atoms with Gasteiger partial charge < -0.3 is 15.0 Å². The molecule has 1 aromatic heterocycles. The van der Waals surface area contributed by atoms with E-state index in [1.807, 2.05) is 0 Å². The minimum Gasteiger partial charge on any atom is -0.406 e. The first kappa shape index (κ1) is 18.4. The number of benzene rings is 2. The Morgan fingerprint density at radius 1 is 1.07 bits per heavy atom. The second-order valence-corrected chi connectivity index (χ2v) is 5.45. The molecule has 27 heavy (non-hydrogen) atoms. The van der Waals surface area contributed by atoms with E-state index in [0.717, 1.165) is 30.3 Å². The van der Waals surface area contributed by atoms with E-state index in [2.05, 4.69) is 15.0 Å². The maximum atomic E-state index is 13.4. The SMILES string of the molecule is O=C(/C=C/c1ccc(OC(F)(F)F)cc1)Nc1c[nH]c2cc(F)c(F)cc12. The number of anilines is 1. The predicted octanol–water partition coefficient (Wildman–Crippen LogP) is 5.00. The highest BCUT2D eigenvalue weighted by Crippen LogP contribution is 2.26. The molecule has 0 spiro atoms. The van der Waals surface area contributed by atoms with Crippen molar-refractivity contribution in [2.24, 2.45) is 0 Å². The second kappa shape index (κ2) is 7.10.